The second-order valence-electron chi connectivity index (χ2n) is 6.34. The zero-order chi connectivity index (χ0) is 20.3. The van der Waals surface area contributed by atoms with Crippen LogP contribution in [0.2, 0.25) is 0 Å². The third-order valence-corrected chi connectivity index (χ3v) is 4.26. The molecule has 7 nitrogen and oxygen atoms in total. The molecule has 1 saturated heterocycles. The Labute approximate surface area is 158 Å². The van der Waals surface area contributed by atoms with Gasteiger partial charge in [0, 0.05) is 25.6 Å². The van der Waals surface area contributed by atoms with Gasteiger partial charge in [-0.15, -0.1) is 0 Å². The fourth-order valence-corrected chi connectivity index (χ4v) is 2.73. The van der Waals surface area contributed by atoms with E-state index < -0.39 is 17.6 Å². The van der Waals surface area contributed by atoms with E-state index in [4.69, 9.17) is 9.15 Å². The number of rotatable bonds is 4. The van der Waals surface area contributed by atoms with Gasteiger partial charge in [-0.3, -0.25) is 9.59 Å². The Morgan fingerprint density at radius 1 is 1.43 bits per heavy atom. The molecule has 1 aliphatic heterocycles. The Morgan fingerprint density at radius 3 is 2.96 bits per heavy atom. The van der Waals surface area contributed by atoms with Crippen LogP contribution >= 0.6 is 0 Å². The predicted molar refractivity (Wildman–Crippen MR) is 90.4 cm³/mol. The Hall–Kier alpha value is -3.04. The number of benzene rings is 1. The van der Waals surface area contributed by atoms with E-state index in [2.05, 4.69) is 10.3 Å². The summed E-state index contributed by atoms with van der Waals surface area (Å²) in [5, 5.41) is 2.71. The van der Waals surface area contributed by atoms with Gasteiger partial charge in [-0.25, -0.2) is 4.98 Å². The molecule has 1 aromatic carbocycles. The van der Waals surface area contributed by atoms with Crippen molar-refractivity contribution in [2.75, 3.05) is 13.1 Å². The molecule has 0 saturated carbocycles. The minimum atomic E-state index is -4.47. The van der Waals surface area contributed by atoms with Crippen LogP contribution in [0.3, 0.4) is 0 Å². The van der Waals surface area contributed by atoms with Crippen molar-refractivity contribution in [1.29, 1.82) is 0 Å². The summed E-state index contributed by atoms with van der Waals surface area (Å²) < 4.78 is 48.7. The number of hydrogen-bond donors (Lipinski definition) is 1. The number of oxazole rings is 1. The molecule has 1 fully saturated rings. The Balaban J connectivity index is 1.64. The topological polar surface area (TPSA) is 84.7 Å². The van der Waals surface area contributed by atoms with Crippen LogP contribution in [0.5, 0.6) is 5.75 Å². The van der Waals surface area contributed by atoms with Crippen LogP contribution in [-0.2, 0) is 17.6 Å². The number of nitrogens with one attached hydrogen (secondary N) is 1. The van der Waals surface area contributed by atoms with Gasteiger partial charge in [-0.1, -0.05) is 6.07 Å². The van der Waals surface area contributed by atoms with Crippen molar-refractivity contribution in [2.24, 2.45) is 0 Å². The molecule has 3 rings (SSSR count). The molecule has 1 aromatic heterocycles. The average molecular weight is 397 g/mol. The number of halogens is 3. The number of aromatic nitrogens is 1. The summed E-state index contributed by atoms with van der Waals surface area (Å²) in [6.07, 6.45) is -3.11. The van der Waals surface area contributed by atoms with E-state index in [0.29, 0.717) is 6.54 Å². The van der Waals surface area contributed by atoms with Crippen LogP contribution in [-0.4, -0.2) is 40.8 Å². The zero-order valence-electron chi connectivity index (χ0n) is 15.0. The van der Waals surface area contributed by atoms with Crippen LogP contribution in [0.4, 0.5) is 13.2 Å². The molecule has 1 unspecified atom stereocenters. The fraction of sp³-hybridized carbons (Fsp3) is 0.389. The van der Waals surface area contributed by atoms with Crippen molar-refractivity contribution in [3.05, 3.63) is 47.7 Å². The lowest BCUT2D eigenvalue weighted by Gasteiger charge is -2.25. The molecule has 0 bridgehead atoms. The van der Waals surface area contributed by atoms with Gasteiger partial charge in [0.1, 0.15) is 12.0 Å². The molecular formula is C18H18F3N3O4. The number of hydrogen-bond acceptors (Lipinski definition) is 5. The quantitative estimate of drug-likeness (QED) is 0.858. The highest BCUT2D eigenvalue weighted by Crippen LogP contribution is 2.31. The summed E-state index contributed by atoms with van der Waals surface area (Å²) in [4.78, 5) is 29.7. The molecule has 2 heterocycles. The number of ether oxygens (including phenoxy) is 1. The zero-order valence-corrected chi connectivity index (χ0v) is 15.0. The van der Waals surface area contributed by atoms with Crippen molar-refractivity contribution in [1.82, 2.24) is 15.2 Å². The molecule has 1 aliphatic rings. The van der Waals surface area contributed by atoms with Crippen LogP contribution in [0.25, 0.3) is 0 Å². The number of amides is 2. The summed E-state index contributed by atoms with van der Waals surface area (Å²) in [5.74, 6) is -0.459. The van der Waals surface area contributed by atoms with E-state index in [1.807, 2.05) is 0 Å². The summed E-state index contributed by atoms with van der Waals surface area (Å²) >= 11 is 0. The standard InChI is InChI=1S/C18H18F3N3O4/c1-11-8-22-15(25)5-6-24(11)17(26)14-9-28-16(23-14)10-27-13-4-2-3-12(7-13)18(19,20)21/h2-4,7,9,11H,5-6,8,10H2,1H3,(H,22,25). The average Bonchev–Trinajstić information content (AvgIpc) is 3.06. The second-order valence-corrected chi connectivity index (χ2v) is 6.34. The Kier molecular flexibility index (Phi) is 5.57. The maximum atomic E-state index is 12.7. The van der Waals surface area contributed by atoms with Crippen molar-refractivity contribution in [3.8, 4) is 5.75 Å². The van der Waals surface area contributed by atoms with Gasteiger partial charge in [-0.05, 0) is 25.1 Å². The van der Waals surface area contributed by atoms with Crippen LogP contribution < -0.4 is 10.1 Å². The molecule has 10 heteroatoms. The van der Waals surface area contributed by atoms with Crippen molar-refractivity contribution in [2.45, 2.75) is 32.2 Å². The molecule has 150 valence electrons. The number of alkyl halides is 3. The van der Waals surface area contributed by atoms with Crippen molar-refractivity contribution in [3.63, 3.8) is 0 Å². The highest BCUT2D eigenvalue weighted by Gasteiger charge is 2.31. The largest absolute Gasteiger partial charge is 0.484 e. The molecule has 0 spiro atoms. The highest BCUT2D eigenvalue weighted by molar-refractivity contribution is 5.92. The molecule has 28 heavy (non-hydrogen) atoms. The SMILES string of the molecule is CC1CNC(=O)CCN1C(=O)c1coc(COc2cccc(C(F)(F)F)c2)n1. The maximum absolute atomic E-state index is 12.7. The third kappa shape index (κ3) is 4.62. The number of nitrogens with zero attached hydrogens (tertiary/aromatic N) is 2. The van der Waals surface area contributed by atoms with E-state index in [-0.39, 0.29) is 48.9 Å². The minimum absolute atomic E-state index is 0.00614. The fourth-order valence-electron chi connectivity index (χ4n) is 2.73. The first-order chi connectivity index (χ1) is 13.2. The maximum Gasteiger partial charge on any atom is 0.416 e. The van der Waals surface area contributed by atoms with Crippen LogP contribution in [0, 0.1) is 0 Å². The van der Waals surface area contributed by atoms with Gasteiger partial charge in [0.25, 0.3) is 5.91 Å². The highest BCUT2D eigenvalue weighted by atomic mass is 19.4. The predicted octanol–water partition coefficient (Wildman–Crippen LogP) is 2.62. The minimum Gasteiger partial charge on any atom is -0.484 e. The molecule has 2 aromatic rings. The summed E-state index contributed by atoms with van der Waals surface area (Å²) in [5.41, 5.74) is -0.782. The van der Waals surface area contributed by atoms with Gasteiger partial charge in [0.2, 0.25) is 11.8 Å². The van der Waals surface area contributed by atoms with Gasteiger partial charge < -0.3 is 19.4 Å². The number of carbonyl (C=O) groups is 2. The monoisotopic (exact) mass is 397 g/mol. The van der Waals surface area contributed by atoms with Crippen molar-refractivity contribution < 1.29 is 31.9 Å². The van der Waals surface area contributed by atoms with Crippen LogP contribution in [0.15, 0.2) is 34.9 Å². The van der Waals surface area contributed by atoms with Crippen molar-refractivity contribution >= 4 is 11.8 Å². The molecule has 0 aliphatic carbocycles. The second kappa shape index (κ2) is 7.91. The summed E-state index contributed by atoms with van der Waals surface area (Å²) in [7, 11) is 0. The van der Waals surface area contributed by atoms with E-state index in [9.17, 15) is 22.8 Å². The lowest BCUT2D eigenvalue weighted by atomic mass is 10.2. The third-order valence-electron chi connectivity index (χ3n) is 4.26. The Morgan fingerprint density at radius 2 is 2.21 bits per heavy atom. The summed E-state index contributed by atoms with van der Waals surface area (Å²) in [6, 6.07) is 4.22. The lowest BCUT2D eigenvalue weighted by Crippen LogP contribution is -2.42. The van der Waals surface area contributed by atoms with E-state index in [1.54, 1.807) is 6.92 Å². The lowest BCUT2D eigenvalue weighted by molar-refractivity contribution is -0.137. The Bertz CT molecular complexity index is 866. The first-order valence-electron chi connectivity index (χ1n) is 8.56. The van der Waals surface area contributed by atoms with Gasteiger partial charge in [0.15, 0.2) is 12.3 Å². The van der Waals surface area contributed by atoms with E-state index in [1.165, 1.54) is 23.3 Å². The van der Waals surface area contributed by atoms with Gasteiger partial charge in [0.05, 0.1) is 5.56 Å². The smallest absolute Gasteiger partial charge is 0.416 e. The first kappa shape index (κ1) is 19.7. The van der Waals surface area contributed by atoms with Gasteiger partial charge in [-0.2, -0.15) is 13.2 Å². The molecule has 1 N–H and O–H groups in total. The first-order valence-corrected chi connectivity index (χ1v) is 8.56. The molecule has 1 atom stereocenters. The van der Waals surface area contributed by atoms with Crippen LogP contribution in [0.1, 0.15) is 35.3 Å². The van der Waals surface area contributed by atoms with E-state index in [0.717, 1.165) is 12.1 Å². The molecule has 2 amide bonds. The molecular weight excluding hydrogens is 379 g/mol. The normalized spacial score (nSPS) is 17.8. The molecule has 0 radical (unpaired) electrons. The van der Waals surface area contributed by atoms with E-state index >= 15 is 0 Å². The summed E-state index contributed by atoms with van der Waals surface area (Å²) in [6.45, 7) is 2.17. The van der Waals surface area contributed by atoms with Gasteiger partial charge >= 0.3 is 6.18 Å². The number of carbonyl (C=O) groups excluding carboxylic acids is 2.